The lowest BCUT2D eigenvalue weighted by molar-refractivity contribution is -0.137. The molecule has 6 nitrogen and oxygen atoms in total. The molecule has 1 heterocycles. The molecule has 0 spiro atoms. The van der Waals surface area contributed by atoms with Crippen LogP contribution in [0.3, 0.4) is 0 Å². The van der Waals surface area contributed by atoms with Crippen LogP contribution in [0, 0.1) is 0 Å². The maximum atomic E-state index is 11.6. The quantitative estimate of drug-likeness (QED) is 0.724. The van der Waals surface area contributed by atoms with Gasteiger partial charge in [-0.2, -0.15) is 0 Å². The molecular formula is C15H24N2O4. The van der Waals surface area contributed by atoms with Crippen LogP contribution in [0.4, 0.5) is 0 Å². The van der Waals surface area contributed by atoms with E-state index in [1.807, 2.05) is 0 Å². The van der Waals surface area contributed by atoms with Crippen LogP contribution in [0.15, 0.2) is 17.1 Å². The number of aliphatic carboxylic acids is 1. The molecule has 6 heteroatoms. The standard InChI is InChI=1S/C15H24N2O4/c1-3-6-16(7-4-2)10-12-9-13(18)14(19)11-17(12)8-5-15(20)21/h9,11,19H,3-8,10H2,1-2H3,(H,20,21). The fourth-order valence-electron chi connectivity index (χ4n) is 2.29. The first-order valence-electron chi connectivity index (χ1n) is 7.34. The predicted octanol–water partition coefficient (Wildman–Crippen LogP) is 1.65. The van der Waals surface area contributed by atoms with Gasteiger partial charge in [0, 0.05) is 24.8 Å². The molecule has 1 aromatic rings. The summed E-state index contributed by atoms with van der Waals surface area (Å²) in [5, 5.41) is 18.3. The molecule has 0 unspecified atom stereocenters. The van der Waals surface area contributed by atoms with Gasteiger partial charge in [0.1, 0.15) is 0 Å². The number of hydrogen-bond acceptors (Lipinski definition) is 4. The highest BCUT2D eigenvalue weighted by Gasteiger charge is 2.11. The second-order valence-corrected chi connectivity index (χ2v) is 5.13. The van der Waals surface area contributed by atoms with Crippen molar-refractivity contribution in [1.29, 1.82) is 0 Å². The topological polar surface area (TPSA) is 82.8 Å². The van der Waals surface area contributed by atoms with Gasteiger partial charge in [0.2, 0.25) is 5.43 Å². The summed E-state index contributed by atoms with van der Waals surface area (Å²) in [7, 11) is 0. The molecule has 0 bridgehead atoms. The molecule has 0 aliphatic rings. The van der Waals surface area contributed by atoms with Crippen LogP contribution < -0.4 is 5.43 Å². The molecule has 0 aromatic carbocycles. The zero-order chi connectivity index (χ0) is 15.8. The summed E-state index contributed by atoms with van der Waals surface area (Å²) >= 11 is 0. The largest absolute Gasteiger partial charge is 0.503 e. The van der Waals surface area contributed by atoms with E-state index in [2.05, 4.69) is 18.7 Å². The predicted molar refractivity (Wildman–Crippen MR) is 80.5 cm³/mol. The summed E-state index contributed by atoms with van der Waals surface area (Å²) in [6.45, 7) is 6.85. The zero-order valence-electron chi connectivity index (χ0n) is 12.7. The highest BCUT2D eigenvalue weighted by molar-refractivity contribution is 5.66. The average molecular weight is 296 g/mol. The highest BCUT2D eigenvalue weighted by Crippen LogP contribution is 2.10. The second kappa shape index (κ2) is 8.46. The number of carbonyl (C=O) groups is 1. The Labute approximate surface area is 124 Å². The fraction of sp³-hybridized carbons (Fsp3) is 0.600. The van der Waals surface area contributed by atoms with Crippen molar-refractivity contribution in [1.82, 2.24) is 9.47 Å². The highest BCUT2D eigenvalue weighted by atomic mass is 16.4. The molecule has 0 fully saturated rings. The second-order valence-electron chi connectivity index (χ2n) is 5.13. The lowest BCUT2D eigenvalue weighted by atomic mass is 10.2. The van der Waals surface area contributed by atoms with E-state index < -0.39 is 11.4 Å². The summed E-state index contributed by atoms with van der Waals surface area (Å²) in [6, 6.07) is 1.40. The van der Waals surface area contributed by atoms with E-state index in [0.29, 0.717) is 6.54 Å². The van der Waals surface area contributed by atoms with Gasteiger partial charge in [-0.05, 0) is 25.9 Å². The summed E-state index contributed by atoms with van der Waals surface area (Å²) in [5.41, 5.74) is 0.311. The minimum Gasteiger partial charge on any atom is -0.503 e. The SMILES string of the molecule is CCCN(CCC)Cc1cc(=O)c(O)cn1CCC(=O)O. The van der Waals surface area contributed by atoms with Crippen LogP contribution in [-0.2, 0) is 17.9 Å². The molecule has 0 aliphatic heterocycles. The van der Waals surface area contributed by atoms with E-state index in [0.717, 1.165) is 31.6 Å². The lowest BCUT2D eigenvalue weighted by Gasteiger charge is -2.23. The maximum absolute atomic E-state index is 11.6. The van der Waals surface area contributed by atoms with E-state index >= 15 is 0 Å². The van der Waals surface area contributed by atoms with Gasteiger partial charge in [0.15, 0.2) is 5.75 Å². The van der Waals surface area contributed by atoms with Crippen LogP contribution >= 0.6 is 0 Å². The van der Waals surface area contributed by atoms with E-state index in [1.54, 1.807) is 4.57 Å². The van der Waals surface area contributed by atoms with Gasteiger partial charge in [0.05, 0.1) is 12.6 Å². The Hall–Kier alpha value is -1.82. The number of carboxylic acid groups (broad SMARTS) is 1. The number of hydrogen-bond donors (Lipinski definition) is 2. The molecule has 0 radical (unpaired) electrons. The molecule has 0 amide bonds. The lowest BCUT2D eigenvalue weighted by Crippen LogP contribution is -2.28. The van der Waals surface area contributed by atoms with Crippen molar-refractivity contribution < 1.29 is 15.0 Å². The minimum absolute atomic E-state index is 0.0448. The van der Waals surface area contributed by atoms with Crippen molar-refractivity contribution in [2.45, 2.75) is 46.2 Å². The number of rotatable bonds is 9. The molecule has 2 N–H and O–H groups in total. The monoisotopic (exact) mass is 296 g/mol. The molecule has 0 aliphatic carbocycles. The molecule has 21 heavy (non-hydrogen) atoms. The third-order valence-electron chi connectivity index (χ3n) is 3.23. The summed E-state index contributed by atoms with van der Waals surface area (Å²) < 4.78 is 1.66. The first kappa shape index (κ1) is 17.2. The number of nitrogens with zero attached hydrogens (tertiary/aromatic N) is 2. The Morgan fingerprint density at radius 3 is 2.43 bits per heavy atom. The average Bonchev–Trinajstić information content (AvgIpc) is 2.41. The first-order chi connectivity index (χ1) is 9.97. The zero-order valence-corrected chi connectivity index (χ0v) is 12.7. The van der Waals surface area contributed by atoms with Crippen molar-refractivity contribution in [2.75, 3.05) is 13.1 Å². The van der Waals surface area contributed by atoms with Crippen molar-refractivity contribution >= 4 is 5.97 Å². The Bertz CT molecular complexity index is 519. The normalized spacial score (nSPS) is 11.0. The van der Waals surface area contributed by atoms with Crippen LogP contribution in [0.1, 0.15) is 38.8 Å². The first-order valence-corrected chi connectivity index (χ1v) is 7.34. The molecule has 1 rings (SSSR count). The van der Waals surface area contributed by atoms with Gasteiger partial charge >= 0.3 is 5.97 Å². The minimum atomic E-state index is -0.905. The summed E-state index contributed by atoms with van der Waals surface area (Å²) in [4.78, 5) is 24.6. The molecular weight excluding hydrogens is 272 g/mol. The number of pyridine rings is 1. The number of aromatic hydroxyl groups is 1. The summed E-state index contributed by atoms with van der Waals surface area (Å²) in [5.74, 6) is -1.25. The number of aryl methyl sites for hydroxylation is 1. The van der Waals surface area contributed by atoms with Crippen LogP contribution in [0.2, 0.25) is 0 Å². The van der Waals surface area contributed by atoms with E-state index in [4.69, 9.17) is 5.11 Å². The Balaban J connectivity index is 2.98. The smallest absolute Gasteiger partial charge is 0.305 e. The van der Waals surface area contributed by atoms with Gasteiger partial charge in [-0.25, -0.2) is 0 Å². The van der Waals surface area contributed by atoms with Crippen molar-refractivity contribution in [3.63, 3.8) is 0 Å². The summed E-state index contributed by atoms with van der Waals surface area (Å²) in [6.07, 6.45) is 3.31. The third-order valence-corrected chi connectivity index (χ3v) is 3.23. The van der Waals surface area contributed by atoms with Crippen LogP contribution in [0.25, 0.3) is 0 Å². The molecule has 0 saturated heterocycles. The maximum Gasteiger partial charge on any atom is 0.305 e. The van der Waals surface area contributed by atoms with Crippen LogP contribution in [0.5, 0.6) is 5.75 Å². The van der Waals surface area contributed by atoms with Crippen molar-refractivity contribution in [2.24, 2.45) is 0 Å². The van der Waals surface area contributed by atoms with Crippen molar-refractivity contribution in [3.05, 3.63) is 28.2 Å². The number of carboxylic acids is 1. The van der Waals surface area contributed by atoms with Crippen LogP contribution in [-0.4, -0.2) is 38.7 Å². The van der Waals surface area contributed by atoms with Gasteiger partial charge in [-0.1, -0.05) is 13.8 Å². The van der Waals surface area contributed by atoms with E-state index in [-0.39, 0.29) is 18.7 Å². The Kier molecular flexibility index (Phi) is 6.94. The molecule has 0 atom stereocenters. The van der Waals surface area contributed by atoms with Gasteiger partial charge in [-0.15, -0.1) is 0 Å². The third kappa shape index (κ3) is 5.59. The Morgan fingerprint density at radius 1 is 1.29 bits per heavy atom. The van der Waals surface area contributed by atoms with E-state index in [9.17, 15) is 14.7 Å². The van der Waals surface area contributed by atoms with Gasteiger partial charge in [-0.3, -0.25) is 14.5 Å². The van der Waals surface area contributed by atoms with Gasteiger partial charge < -0.3 is 14.8 Å². The molecule has 118 valence electrons. The fourth-order valence-corrected chi connectivity index (χ4v) is 2.29. The van der Waals surface area contributed by atoms with Gasteiger partial charge in [0.25, 0.3) is 0 Å². The van der Waals surface area contributed by atoms with Crippen molar-refractivity contribution in [3.8, 4) is 5.75 Å². The number of aromatic nitrogens is 1. The molecule has 0 saturated carbocycles. The molecule has 1 aromatic heterocycles. The van der Waals surface area contributed by atoms with E-state index in [1.165, 1.54) is 12.3 Å². The Morgan fingerprint density at radius 2 is 1.90 bits per heavy atom.